The van der Waals surface area contributed by atoms with Crippen molar-refractivity contribution >= 4 is 33.4 Å². The minimum Gasteiger partial charge on any atom is -0.463 e. The highest BCUT2D eigenvalue weighted by Crippen LogP contribution is 2.22. The number of esters is 1. The zero-order valence-electron chi connectivity index (χ0n) is 14.2. The summed E-state index contributed by atoms with van der Waals surface area (Å²) >= 11 is 1.71. The van der Waals surface area contributed by atoms with Crippen molar-refractivity contribution in [2.75, 3.05) is 6.54 Å². The minimum atomic E-state index is -0.277. The molecule has 0 saturated carbocycles. The van der Waals surface area contributed by atoms with Crippen LogP contribution in [0.15, 0.2) is 24.3 Å². The number of carbonyl (C=O) groups excluding carboxylic acids is 2. The van der Waals surface area contributed by atoms with Gasteiger partial charge in [-0.25, -0.2) is 4.98 Å². The van der Waals surface area contributed by atoms with Crippen molar-refractivity contribution in [1.29, 1.82) is 0 Å². The number of thiazole rings is 1. The molecule has 130 valence electrons. The lowest BCUT2D eigenvalue weighted by Crippen LogP contribution is -2.26. The van der Waals surface area contributed by atoms with Crippen LogP contribution in [0.25, 0.3) is 10.2 Å². The van der Waals surface area contributed by atoms with Crippen molar-refractivity contribution in [1.82, 2.24) is 10.3 Å². The van der Waals surface area contributed by atoms with Gasteiger partial charge >= 0.3 is 5.97 Å². The smallest absolute Gasteiger partial charge is 0.307 e. The Morgan fingerprint density at radius 1 is 1.21 bits per heavy atom. The molecule has 1 N–H and O–H groups in total. The number of ether oxygens (including phenoxy) is 1. The molecule has 0 spiro atoms. The molecule has 0 atom stereocenters. The molecular weight excluding hydrogens is 324 g/mol. The Morgan fingerprint density at radius 2 is 2.00 bits per heavy atom. The summed E-state index contributed by atoms with van der Waals surface area (Å²) < 4.78 is 6.22. The predicted octanol–water partition coefficient (Wildman–Crippen LogP) is 3.47. The number of hydrogen-bond acceptors (Lipinski definition) is 5. The SMILES string of the molecule is CC(C)OC(=O)CCNC(=O)CCCCc1nc2ccccc2s1. The number of fused-ring (bicyclic) bond motifs is 1. The molecule has 1 amide bonds. The first-order chi connectivity index (χ1) is 11.5. The van der Waals surface area contributed by atoms with Crippen LogP contribution < -0.4 is 5.32 Å². The van der Waals surface area contributed by atoms with Gasteiger partial charge in [0.1, 0.15) is 0 Å². The summed E-state index contributed by atoms with van der Waals surface area (Å²) in [6, 6.07) is 8.11. The maximum atomic E-state index is 11.7. The maximum Gasteiger partial charge on any atom is 0.307 e. The van der Waals surface area contributed by atoms with Gasteiger partial charge in [-0.3, -0.25) is 9.59 Å². The third-order valence-electron chi connectivity index (χ3n) is 3.40. The average Bonchev–Trinajstić information content (AvgIpc) is 2.93. The fraction of sp³-hybridized carbons (Fsp3) is 0.500. The Morgan fingerprint density at radius 3 is 2.75 bits per heavy atom. The minimum absolute atomic E-state index is 0.0170. The van der Waals surface area contributed by atoms with Gasteiger partial charge in [-0.15, -0.1) is 11.3 Å². The highest BCUT2D eigenvalue weighted by molar-refractivity contribution is 7.18. The maximum absolute atomic E-state index is 11.7. The Hall–Kier alpha value is -1.95. The van der Waals surface area contributed by atoms with Crippen LogP contribution in [0.5, 0.6) is 0 Å². The van der Waals surface area contributed by atoms with Crippen molar-refractivity contribution in [3.8, 4) is 0 Å². The number of para-hydroxylation sites is 1. The fourth-order valence-corrected chi connectivity index (χ4v) is 3.31. The van der Waals surface area contributed by atoms with Crippen LogP contribution in [0.4, 0.5) is 0 Å². The fourth-order valence-electron chi connectivity index (χ4n) is 2.30. The number of carbonyl (C=O) groups is 2. The lowest BCUT2D eigenvalue weighted by Gasteiger charge is -2.08. The Labute approximate surface area is 146 Å². The monoisotopic (exact) mass is 348 g/mol. The van der Waals surface area contributed by atoms with Gasteiger partial charge in [0.05, 0.1) is 27.7 Å². The highest BCUT2D eigenvalue weighted by atomic mass is 32.1. The third-order valence-corrected chi connectivity index (χ3v) is 4.50. The summed E-state index contributed by atoms with van der Waals surface area (Å²) in [5, 5.41) is 3.87. The van der Waals surface area contributed by atoms with Crippen LogP contribution in [0.2, 0.25) is 0 Å². The third kappa shape index (κ3) is 6.28. The summed E-state index contributed by atoms with van der Waals surface area (Å²) in [6.07, 6.45) is 3.23. The second-order valence-corrected chi connectivity index (χ2v) is 7.04. The number of unbranched alkanes of at least 4 members (excludes halogenated alkanes) is 1. The number of aryl methyl sites for hydroxylation is 1. The van der Waals surface area contributed by atoms with Crippen molar-refractivity contribution < 1.29 is 14.3 Å². The van der Waals surface area contributed by atoms with Gasteiger partial charge in [-0.05, 0) is 45.2 Å². The van der Waals surface area contributed by atoms with Gasteiger partial charge in [0.2, 0.25) is 5.91 Å². The molecule has 2 rings (SSSR count). The van der Waals surface area contributed by atoms with Crippen LogP contribution in [0.1, 0.15) is 44.5 Å². The molecule has 0 bridgehead atoms. The van der Waals surface area contributed by atoms with Crippen LogP contribution in [0, 0.1) is 0 Å². The largest absolute Gasteiger partial charge is 0.463 e. The van der Waals surface area contributed by atoms with Gasteiger partial charge in [0.25, 0.3) is 0 Å². The lowest BCUT2D eigenvalue weighted by atomic mass is 10.2. The second-order valence-electron chi connectivity index (χ2n) is 5.92. The number of amides is 1. The van der Waals surface area contributed by atoms with E-state index in [1.165, 1.54) is 4.70 Å². The van der Waals surface area contributed by atoms with Crippen molar-refractivity contribution in [2.24, 2.45) is 0 Å². The van der Waals surface area contributed by atoms with Crippen molar-refractivity contribution in [3.63, 3.8) is 0 Å². The van der Waals surface area contributed by atoms with E-state index in [-0.39, 0.29) is 24.4 Å². The summed E-state index contributed by atoms with van der Waals surface area (Å²) in [6.45, 7) is 3.95. The highest BCUT2D eigenvalue weighted by Gasteiger charge is 2.07. The molecule has 0 saturated heterocycles. The molecule has 1 aromatic heterocycles. The molecule has 24 heavy (non-hydrogen) atoms. The van der Waals surface area contributed by atoms with Crippen molar-refractivity contribution in [2.45, 2.75) is 52.1 Å². The summed E-state index contributed by atoms with van der Waals surface area (Å²) in [4.78, 5) is 27.7. The van der Waals surface area contributed by atoms with Gasteiger partial charge in [-0.2, -0.15) is 0 Å². The molecule has 5 nitrogen and oxygen atoms in total. The van der Waals surface area contributed by atoms with Gasteiger partial charge in [0.15, 0.2) is 0 Å². The molecular formula is C18H24N2O3S. The van der Waals surface area contributed by atoms with Gasteiger partial charge in [-0.1, -0.05) is 12.1 Å². The first-order valence-corrected chi connectivity index (χ1v) is 9.17. The summed E-state index contributed by atoms with van der Waals surface area (Å²) in [5.41, 5.74) is 1.04. The molecule has 0 fully saturated rings. The molecule has 2 aromatic rings. The van der Waals surface area contributed by atoms with E-state index in [2.05, 4.69) is 16.4 Å². The average molecular weight is 348 g/mol. The van der Waals surface area contributed by atoms with E-state index in [4.69, 9.17) is 4.74 Å². The van der Waals surface area contributed by atoms with Crippen molar-refractivity contribution in [3.05, 3.63) is 29.3 Å². The first-order valence-electron chi connectivity index (χ1n) is 8.35. The molecule has 1 heterocycles. The normalized spacial score (nSPS) is 11.0. The number of nitrogens with zero attached hydrogens (tertiary/aromatic N) is 1. The summed E-state index contributed by atoms with van der Waals surface area (Å²) in [5.74, 6) is -0.294. The van der Waals surface area contributed by atoms with Gasteiger partial charge < -0.3 is 10.1 Å². The van der Waals surface area contributed by atoms with Crippen LogP contribution in [-0.4, -0.2) is 29.5 Å². The molecule has 0 aliphatic rings. The number of hydrogen-bond donors (Lipinski definition) is 1. The number of aromatic nitrogens is 1. The molecule has 1 aromatic carbocycles. The van der Waals surface area contributed by atoms with Crippen LogP contribution in [0.3, 0.4) is 0 Å². The molecule has 0 radical (unpaired) electrons. The van der Waals surface area contributed by atoms with Gasteiger partial charge in [0, 0.05) is 13.0 Å². The quantitative estimate of drug-likeness (QED) is 0.556. The van der Waals surface area contributed by atoms with E-state index in [1.807, 2.05) is 32.0 Å². The van der Waals surface area contributed by atoms with E-state index < -0.39 is 0 Å². The first kappa shape index (κ1) is 18.4. The topological polar surface area (TPSA) is 68.3 Å². The summed E-state index contributed by atoms with van der Waals surface area (Å²) in [7, 11) is 0. The Balaban J connectivity index is 1.58. The molecule has 0 aliphatic heterocycles. The van der Waals surface area contributed by atoms with Crippen LogP contribution in [-0.2, 0) is 20.7 Å². The molecule has 0 unspecified atom stereocenters. The Bertz CT molecular complexity index is 649. The van der Waals surface area contributed by atoms with Crippen LogP contribution >= 0.6 is 11.3 Å². The second kappa shape index (κ2) is 9.37. The van der Waals surface area contributed by atoms with E-state index >= 15 is 0 Å². The number of rotatable bonds is 9. The molecule has 6 heteroatoms. The lowest BCUT2D eigenvalue weighted by molar-refractivity contribution is -0.147. The predicted molar refractivity (Wildman–Crippen MR) is 96.0 cm³/mol. The van der Waals surface area contributed by atoms with E-state index in [1.54, 1.807) is 11.3 Å². The number of benzene rings is 1. The number of nitrogens with one attached hydrogen (secondary N) is 1. The van der Waals surface area contributed by atoms with E-state index in [0.29, 0.717) is 13.0 Å². The standard InChI is InChI=1S/C18H24N2O3S/c1-13(2)23-18(22)11-12-19-16(21)9-5-6-10-17-20-14-7-3-4-8-15(14)24-17/h3-4,7-8,13H,5-6,9-12H2,1-2H3,(H,19,21). The zero-order valence-corrected chi connectivity index (χ0v) is 15.0. The van der Waals surface area contributed by atoms with E-state index in [0.717, 1.165) is 29.8 Å². The molecule has 0 aliphatic carbocycles. The Kier molecular flexibility index (Phi) is 7.18. The van der Waals surface area contributed by atoms with E-state index in [9.17, 15) is 9.59 Å². The zero-order chi connectivity index (χ0) is 17.4.